The van der Waals surface area contributed by atoms with Crippen LogP contribution in [0.5, 0.6) is 0 Å². The minimum atomic E-state index is -0.369. The Kier molecular flexibility index (Phi) is 20.8. The van der Waals surface area contributed by atoms with Crippen LogP contribution in [-0.4, -0.2) is 162 Å². The summed E-state index contributed by atoms with van der Waals surface area (Å²) in [7, 11) is 6.14. The van der Waals surface area contributed by atoms with Gasteiger partial charge in [-0.3, -0.25) is 38.9 Å². The van der Waals surface area contributed by atoms with Gasteiger partial charge < -0.3 is 42.9 Å². The Bertz CT molecular complexity index is 4550. The number of methoxy groups -OCH3 is 3. The van der Waals surface area contributed by atoms with Gasteiger partial charge in [0.15, 0.2) is 0 Å². The normalized spacial score (nSPS) is 22.7. The van der Waals surface area contributed by atoms with E-state index < -0.39 is 0 Å². The number of fused-ring (bicyclic) bond motifs is 9. The minimum absolute atomic E-state index is 0.0302. The third-order valence-corrected chi connectivity index (χ3v) is 23.1. The number of imidazole rings is 3. The maximum absolute atomic E-state index is 13.3. The van der Waals surface area contributed by atoms with Crippen LogP contribution in [0.1, 0.15) is 156 Å². The van der Waals surface area contributed by atoms with E-state index in [4.69, 9.17) is 33.9 Å². The second kappa shape index (κ2) is 30.4. The number of ether oxygens (including phenoxy) is 4. The molecule has 0 unspecified atom stereocenters. The average molecular weight is 1400 g/mol. The lowest BCUT2D eigenvalue weighted by atomic mass is 9.65. The third kappa shape index (κ3) is 14.1. The summed E-state index contributed by atoms with van der Waals surface area (Å²) in [5.74, 6) is 3.39. The topological polar surface area (TPSA) is 244 Å². The van der Waals surface area contributed by atoms with Crippen molar-refractivity contribution < 1.29 is 42.9 Å². The Labute approximate surface area is 601 Å². The Morgan fingerprint density at radius 3 is 1.78 bits per heavy atom. The summed E-state index contributed by atoms with van der Waals surface area (Å²) in [6.07, 6.45) is 24.5. The highest BCUT2D eigenvalue weighted by Crippen LogP contribution is 2.54. The molecule has 24 heteroatoms. The van der Waals surface area contributed by atoms with Gasteiger partial charge in [0.1, 0.15) is 29.8 Å². The average Bonchev–Trinajstić information content (AvgIpc) is 1.61. The lowest BCUT2D eigenvalue weighted by molar-refractivity contribution is -0.132. The highest BCUT2D eigenvalue weighted by Gasteiger charge is 2.48. The number of hydrogen-bond acceptors (Lipinski definition) is 16. The van der Waals surface area contributed by atoms with Crippen LogP contribution in [0.25, 0.3) is 33.1 Å². The molecule has 2 saturated heterocycles. The van der Waals surface area contributed by atoms with E-state index in [9.17, 15) is 24.0 Å². The molecule has 0 radical (unpaired) electrons. The molecule has 4 amide bonds. The van der Waals surface area contributed by atoms with Crippen LogP contribution in [0.4, 0.5) is 31.4 Å². The molecular weight excluding hydrogens is 1300 g/mol. The molecule has 4 aromatic carbocycles. The Morgan fingerprint density at radius 2 is 1.23 bits per heavy atom. The van der Waals surface area contributed by atoms with Gasteiger partial charge in [-0.1, -0.05) is 36.8 Å². The number of anilines is 3. The lowest BCUT2D eigenvalue weighted by Gasteiger charge is -2.46. The zero-order chi connectivity index (χ0) is 71.6. The van der Waals surface area contributed by atoms with Crippen molar-refractivity contribution in [3.8, 4) is 0 Å². The van der Waals surface area contributed by atoms with Crippen LogP contribution < -0.4 is 20.0 Å². The number of aryl methyl sites for hydroxylation is 7. The molecule has 2 saturated carbocycles. The van der Waals surface area contributed by atoms with Crippen LogP contribution >= 0.6 is 0 Å². The fourth-order valence-corrected chi connectivity index (χ4v) is 17.4. The second-order valence-corrected chi connectivity index (χ2v) is 29.4. The Balaban J connectivity index is 0.000000131. The molecule has 4 fully saturated rings. The van der Waals surface area contributed by atoms with E-state index >= 15 is 0 Å². The molecule has 16 rings (SSSR count). The van der Waals surface area contributed by atoms with Crippen LogP contribution in [0, 0.1) is 11.3 Å². The molecule has 5 aliphatic heterocycles. The zero-order valence-electron chi connectivity index (χ0n) is 60.8. The number of aromatic nitrogens is 10. The van der Waals surface area contributed by atoms with Crippen molar-refractivity contribution >= 4 is 80.1 Å². The van der Waals surface area contributed by atoms with Gasteiger partial charge in [0.2, 0.25) is 5.91 Å². The number of carbonyl (C=O) groups excluding carboxylic acids is 5. The van der Waals surface area contributed by atoms with Gasteiger partial charge in [-0.25, -0.2) is 29.3 Å². The predicted molar refractivity (Wildman–Crippen MR) is 394 cm³/mol. The van der Waals surface area contributed by atoms with Crippen molar-refractivity contribution in [1.29, 1.82) is 0 Å². The van der Waals surface area contributed by atoms with Gasteiger partial charge in [0.25, 0.3) is 0 Å². The standard InChI is InChI=1S/C27H33N5O3.C27H32N4O2.C25H32N6O4/c1-17-7-9-22-23(31(17)27(34)35-3)10-11-24-26(22)30-25(12-8-20-16-28-13-14-29-20)32(24)21-6-4-5-19(15-21)18(2)33;1-18-8-9-21-22(30(18)26(32)33-2)10-11-23-25(21)29-24(14-19-6-4-3-5-7-19)31(23)20-15-27(16-20)12-13-28-17-27;1-17-5-6-19-20(31(17)25(33)34-3)7-8-21-24(19)27-22(9-13-29-12-4-11-26-29)30(21)15-23(32)28(2)18-10-14-35-16-18/h10-11,13-14,16-17,19,21H,4-9,12,15H2,1-3H3;3-7,10-11,18,20,28H,8-9,12-17H2,1-2H3;4,7-8,11-12,17-18H,5-6,9-10,13-16H2,1-3H3/t17-,19+,21+;18-,20?,27?;17-,18-/m000/s1. The molecule has 5 aromatic heterocycles. The van der Waals surface area contributed by atoms with Gasteiger partial charge in [-0.15, -0.1) is 0 Å². The first-order valence-corrected chi connectivity index (χ1v) is 37.0. The number of nitrogens with zero attached hydrogens (tertiary/aromatic N) is 14. The number of hydrogen-bond donors (Lipinski definition) is 1. The van der Waals surface area contributed by atoms with E-state index in [1.165, 1.54) is 57.2 Å². The smallest absolute Gasteiger partial charge is 0.414 e. The second-order valence-electron chi connectivity index (χ2n) is 29.4. The lowest BCUT2D eigenvalue weighted by Crippen LogP contribution is -2.42. The highest BCUT2D eigenvalue weighted by atomic mass is 16.6. The minimum Gasteiger partial charge on any atom is -0.452 e. The van der Waals surface area contributed by atoms with Crippen molar-refractivity contribution in [3.63, 3.8) is 0 Å². The Hall–Kier alpha value is -9.55. The van der Waals surface area contributed by atoms with E-state index in [-0.39, 0.29) is 72.6 Å². The van der Waals surface area contributed by atoms with Crippen molar-refractivity contribution in [2.24, 2.45) is 11.3 Å². The number of likely N-dealkylation sites (N-methyl/N-ethyl adjacent to an activating group) is 1. The molecule has 542 valence electrons. The van der Waals surface area contributed by atoms with Gasteiger partial charge in [0.05, 0.1) is 89.8 Å². The molecule has 0 bridgehead atoms. The largest absolute Gasteiger partial charge is 0.452 e. The van der Waals surface area contributed by atoms with Crippen molar-refractivity contribution in [2.75, 3.05) is 69.4 Å². The summed E-state index contributed by atoms with van der Waals surface area (Å²) < 4.78 is 29.5. The van der Waals surface area contributed by atoms with Gasteiger partial charge in [0, 0.05) is 130 Å². The predicted octanol–water partition coefficient (Wildman–Crippen LogP) is 12.3. The van der Waals surface area contributed by atoms with Gasteiger partial charge in [-0.05, 0) is 178 Å². The van der Waals surface area contributed by atoms with Crippen molar-refractivity contribution in [2.45, 2.75) is 193 Å². The first-order chi connectivity index (χ1) is 50.0. The first kappa shape index (κ1) is 70.5. The van der Waals surface area contributed by atoms with E-state index in [1.54, 1.807) is 51.3 Å². The highest BCUT2D eigenvalue weighted by molar-refractivity contribution is 5.98. The van der Waals surface area contributed by atoms with E-state index in [1.807, 2.05) is 53.7 Å². The monoisotopic (exact) mass is 1400 g/mol. The fraction of sp³-hybridized carbons (Fsp3) is 0.506. The van der Waals surface area contributed by atoms with Crippen LogP contribution in [-0.2, 0) is 86.6 Å². The Morgan fingerprint density at radius 1 is 0.641 bits per heavy atom. The summed E-state index contributed by atoms with van der Waals surface area (Å²) in [5.41, 5.74) is 14.7. The maximum Gasteiger partial charge on any atom is 0.414 e. The third-order valence-electron chi connectivity index (χ3n) is 23.1. The van der Waals surface area contributed by atoms with E-state index in [0.29, 0.717) is 37.6 Å². The molecule has 1 N–H and O–H groups in total. The van der Waals surface area contributed by atoms with Crippen molar-refractivity contribution in [3.05, 3.63) is 149 Å². The number of ketones is 1. The summed E-state index contributed by atoms with van der Waals surface area (Å²) >= 11 is 0. The van der Waals surface area contributed by atoms with Gasteiger partial charge >= 0.3 is 18.3 Å². The molecular formula is C79H97N15O9. The molecule has 9 aromatic rings. The summed E-state index contributed by atoms with van der Waals surface area (Å²) in [5, 5.41) is 7.87. The van der Waals surface area contributed by atoms with Crippen LogP contribution in [0.15, 0.2) is 104 Å². The number of amides is 4. The number of Topliss-reactive ketones (excluding diaryl/α,β-unsaturated/α-hetero) is 1. The number of nitrogens with one attached hydrogen (secondary N) is 1. The first-order valence-electron chi connectivity index (χ1n) is 37.0. The quantitative estimate of drug-likeness (QED) is 0.0995. The zero-order valence-corrected chi connectivity index (χ0v) is 60.8. The van der Waals surface area contributed by atoms with E-state index in [2.05, 4.69) is 91.9 Å². The number of rotatable bonds is 14. The molecule has 1 spiro atoms. The SMILES string of the molecule is COC(=O)N1c2ccc3c(nc(CCc4cnccn4)n3[C@@H]3CCC[C@@H](C(C)=O)C3)c2CC[C@@H]1C.COC(=O)N1c2ccc3c(nc(CCn4cccn4)n3CC(=O)N(C)[C@H]3CCOC3)c2CC[C@@H]1C.COC(=O)N1c2ccc3c(nc(Cc4ccccc4)n3C3CC4(CCNC4)C3)c2CC[C@@H]1C. The maximum atomic E-state index is 13.3. The number of benzene rings is 4. The summed E-state index contributed by atoms with van der Waals surface area (Å²) in [6, 6.07) is 25.9. The van der Waals surface area contributed by atoms with Gasteiger partial charge in [-0.2, -0.15) is 5.10 Å². The van der Waals surface area contributed by atoms with Crippen LogP contribution in [0.2, 0.25) is 0 Å². The molecule has 10 heterocycles. The molecule has 7 aliphatic rings. The molecule has 6 atom stereocenters. The van der Waals surface area contributed by atoms with Crippen LogP contribution in [0.3, 0.4) is 0 Å². The van der Waals surface area contributed by atoms with E-state index in [0.717, 1.165) is 182 Å². The molecule has 24 nitrogen and oxygen atoms in total. The molecule has 103 heavy (non-hydrogen) atoms. The summed E-state index contributed by atoms with van der Waals surface area (Å²) in [6.45, 7) is 12.3. The van der Waals surface area contributed by atoms with Crippen molar-refractivity contribution in [1.82, 2.24) is 58.6 Å². The molecule has 2 aliphatic carbocycles. The fourth-order valence-electron chi connectivity index (χ4n) is 17.4. The number of carbonyl (C=O) groups is 5. The summed E-state index contributed by atoms with van der Waals surface area (Å²) in [4.78, 5) is 94.4.